The van der Waals surface area contributed by atoms with Crippen molar-refractivity contribution in [3.8, 4) is 0 Å². The van der Waals surface area contributed by atoms with E-state index in [0.29, 0.717) is 0 Å². The van der Waals surface area contributed by atoms with Gasteiger partial charge in [-0.15, -0.1) is 0 Å². The van der Waals surface area contributed by atoms with Crippen molar-refractivity contribution in [2.24, 2.45) is 0 Å². The van der Waals surface area contributed by atoms with E-state index in [1.54, 1.807) is 0 Å². The maximum atomic E-state index is 4.00. The summed E-state index contributed by atoms with van der Waals surface area (Å²) < 4.78 is 0. The normalized spacial score (nSPS) is 25.7. The van der Waals surface area contributed by atoms with Gasteiger partial charge in [0, 0.05) is 0 Å². The fraction of sp³-hybridized carbons (Fsp3) is 0. The molecule has 0 saturated heterocycles. The molecule has 0 atom stereocenters. The molecular weight excluding hydrogens is 168 g/mol. The summed E-state index contributed by atoms with van der Waals surface area (Å²) in [5, 5.41) is 0. The van der Waals surface area contributed by atoms with Crippen molar-refractivity contribution in [1.82, 2.24) is 0 Å². The summed E-state index contributed by atoms with van der Waals surface area (Å²) in [6, 6.07) is 0. The number of allylic oxidation sites excluding steroid dienone is 10. The molecule has 0 unspecified atom stereocenters. The molecule has 0 spiro atoms. The van der Waals surface area contributed by atoms with Gasteiger partial charge in [0.25, 0.3) is 0 Å². The van der Waals surface area contributed by atoms with E-state index in [1.807, 2.05) is 24.3 Å². The fourth-order valence-corrected chi connectivity index (χ4v) is 1.62. The molecule has 0 heterocycles. The molecule has 0 aromatic carbocycles. The molecule has 0 bridgehead atoms. The standard InChI is InChI=1S/C14H12/c1-9-5-7-13(11(9)3)14-8-6-10(2)12(14)4/h5-8H,1-4H2. The van der Waals surface area contributed by atoms with Crippen molar-refractivity contribution in [3.63, 3.8) is 0 Å². The Bertz CT molecular complexity index is 418. The largest absolute Gasteiger partial charge is 0.0912 e. The van der Waals surface area contributed by atoms with Crippen LogP contribution in [0.4, 0.5) is 0 Å². The van der Waals surface area contributed by atoms with Crippen molar-refractivity contribution >= 4 is 0 Å². The van der Waals surface area contributed by atoms with Crippen LogP contribution in [-0.2, 0) is 0 Å². The van der Waals surface area contributed by atoms with E-state index in [-0.39, 0.29) is 0 Å². The van der Waals surface area contributed by atoms with Crippen LogP contribution in [0.1, 0.15) is 0 Å². The van der Waals surface area contributed by atoms with Crippen molar-refractivity contribution in [2.45, 2.75) is 0 Å². The Morgan fingerprint density at radius 3 is 1.14 bits per heavy atom. The molecular formula is C14H12. The third kappa shape index (κ3) is 1.08. The first-order chi connectivity index (χ1) is 6.61. The second-order valence-electron chi connectivity index (χ2n) is 3.50. The van der Waals surface area contributed by atoms with Gasteiger partial charge in [-0.3, -0.25) is 0 Å². The molecule has 2 aliphatic carbocycles. The van der Waals surface area contributed by atoms with Gasteiger partial charge in [-0.05, 0) is 33.4 Å². The second-order valence-corrected chi connectivity index (χ2v) is 3.50. The first-order valence-electron chi connectivity index (χ1n) is 4.49. The van der Waals surface area contributed by atoms with E-state index in [2.05, 4.69) is 26.3 Å². The minimum Gasteiger partial charge on any atom is -0.0912 e. The van der Waals surface area contributed by atoms with Crippen LogP contribution < -0.4 is 0 Å². The summed E-state index contributed by atoms with van der Waals surface area (Å²) in [7, 11) is 0. The van der Waals surface area contributed by atoms with Crippen molar-refractivity contribution in [2.75, 3.05) is 0 Å². The van der Waals surface area contributed by atoms with Gasteiger partial charge in [0.1, 0.15) is 0 Å². The SMILES string of the molecule is C=C1C=CC(=C2C=CC(=C)C2=C)C1=C. The Morgan fingerprint density at radius 1 is 0.571 bits per heavy atom. The Labute approximate surface area is 84.6 Å². The molecule has 14 heavy (non-hydrogen) atoms. The Kier molecular flexibility index (Phi) is 1.78. The monoisotopic (exact) mass is 180 g/mol. The van der Waals surface area contributed by atoms with E-state index >= 15 is 0 Å². The lowest BCUT2D eigenvalue weighted by atomic mass is 9.98. The highest BCUT2D eigenvalue weighted by Crippen LogP contribution is 2.36. The molecule has 0 radical (unpaired) electrons. The summed E-state index contributed by atoms with van der Waals surface area (Å²) >= 11 is 0. The average molecular weight is 180 g/mol. The lowest BCUT2D eigenvalue weighted by Gasteiger charge is -2.05. The molecule has 0 heteroatoms. The minimum atomic E-state index is 0.978. The van der Waals surface area contributed by atoms with Gasteiger partial charge in [-0.2, -0.15) is 0 Å². The van der Waals surface area contributed by atoms with Crippen molar-refractivity contribution in [1.29, 1.82) is 0 Å². The van der Waals surface area contributed by atoms with E-state index in [9.17, 15) is 0 Å². The summed E-state index contributed by atoms with van der Waals surface area (Å²) in [5.74, 6) is 0. The highest BCUT2D eigenvalue weighted by Gasteiger charge is 2.18. The van der Waals surface area contributed by atoms with E-state index in [0.717, 1.165) is 33.4 Å². The second kappa shape index (κ2) is 2.85. The molecule has 0 saturated carbocycles. The summed E-state index contributed by atoms with van der Waals surface area (Å²) in [4.78, 5) is 0. The van der Waals surface area contributed by atoms with Crippen LogP contribution in [0, 0.1) is 0 Å². The zero-order chi connectivity index (χ0) is 10.3. The predicted molar refractivity (Wildman–Crippen MR) is 61.9 cm³/mol. The third-order valence-electron chi connectivity index (χ3n) is 2.62. The van der Waals surface area contributed by atoms with E-state index < -0.39 is 0 Å². The molecule has 0 amide bonds. The van der Waals surface area contributed by atoms with Crippen molar-refractivity contribution in [3.05, 3.63) is 84.1 Å². The average Bonchev–Trinajstić information content (AvgIpc) is 2.63. The maximum Gasteiger partial charge on any atom is -0.0105 e. The number of hydrogen-bond acceptors (Lipinski definition) is 0. The van der Waals surface area contributed by atoms with Crippen LogP contribution in [0.15, 0.2) is 84.1 Å². The molecule has 0 N–H and O–H groups in total. The highest BCUT2D eigenvalue weighted by atomic mass is 14.2. The van der Waals surface area contributed by atoms with E-state index in [1.165, 1.54) is 0 Å². The summed E-state index contributed by atoms with van der Waals surface area (Å²) in [6.45, 7) is 15.8. The zero-order valence-electron chi connectivity index (χ0n) is 8.14. The number of hydrogen-bond donors (Lipinski definition) is 0. The van der Waals surface area contributed by atoms with Gasteiger partial charge in [-0.25, -0.2) is 0 Å². The first kappa shape index (κ1) is 8.76. The molecule has 0 fully saturated rings. The van der Waals surface area contributed by atoms with Crippen LogP contribution in [-0.4, -0.2) is 0 Å². The van der Waals surface area contributed by atoms with Crippen molar-refractivity contribution < 1.29 is 0 Å². The molecule has 68 valence electrons. The Balaban J connectivity index is 2.54. The summed E-state index contributed by atoms with van der Waals surface area (Å²) in [5.41, 5.74) is 6.17. The van der Waals surface area contributed by atoms with Gasteiger partial charge in [-0.1, -0.05) is 50.6 Å². The number of rotatable bonds is 0. The van der Waals surface area contributed by atoms with Crippen LogP contribution >= 0.6 is 0 Å². The maximum absolute atomic E-state index is 4.00. The fourth-order valence-electron chi connectivity index (χ4n) is 1.62. The highest BCUT2D eigenvalue weighted by molar-refractivity contribution is 5.72. The zero-order valence-corrected chi connectivity index (χ0v) is 8.14. The van der Waals surface area contributed by atoms with Gasteiger partial charge in [0.15, 0.2) is 0 Å². The lowest BCUT2D eigenvalue weighted by Crippen LogP contribution is -1.87. The molecule has 0 aromatic rings. The minimum absolute atomic E-state index is 0.978. The van der Waals surface area contributed by atoms with Crippen LogP contribution in [0.2, 0.25) is 0 Å². The van der Waals surface area contributed by atoms with E-state index in [4.69, 9.17) is 0 Å². The lowest BCUT2D eigenvalue weighted by molar-refractivity contribution is 1.48. The molecule has 0 aromatic heterocycles. The van der Waals surface area contributed by atoms with Crippen LogP contribution in [0.5, 0.6) is 0 Å². The van der Waals surface area contributed by atoms with Gasteiger partial charge < -0.3 is 0 Å². The van der Waals surface area contributed by atoms with Gasteiger partial charge >= 0.3 is 0 Å². The Morgan fingerprint density at radius 2 is 0.929 bits per heavy atom. The predicted octanol–water partition coefficient (Wildman–Crippen LogP) is 3.65. The quantitative estimate of drug-likeness (QED) is 0.534. The van der Waals surface area contributed by atoms with Gasteiger partial charge in [0.2, 0.25) is 0 Å². The third-order valence-corrected chi connectivity index (χ3v) is 2.62. The van der Waals surface area contributed by atoms with Gasteiger partial charge in [0.05, 0.1) is 0 Å². The topological polar surface area (TPSA) is 0 Å². The molecule has 2 rings (SSSR count). The Hall–Kier alpha value is -1.82. The molecule has 2 aliphatic rings. The molecule has 0 nitrogen and oxygen atoms in total. The summed E-state index contributed by atoms with van der Waals surface area (Å²) in [6.07, 6.45) is 8.03. The smallest absolute Gasteiger partial charge is 0.0105 e. The van der Waals surface area contributed by atoms with Crippen LogP contribution in [0.25, 0.3) is 0 Å². The molecule has 0 aliphatic heterocycles. The van der Waals surface area contributed by atoms with Crippen LogP contribution in [0.3, 0.4) is 0 Å². The first-order valence-corrected chi connectivity index (χ1v) is 4.49.